The van der Waals surface area contributed by atoms with Crippen molar-refractivity contribution in [1.82, 2.24) is 5.32 Å². The quantitative estimate of drug-likeness (QED) is 0.869. The van der Waals surface area contributed by atoms with Gasteiger partial charge in [0.25, 0.3) is 0 Å². The lowest BCUT2D eigenvalue weighted by molar-refractivity contribution is -0.126. The van der Waals surface area contributed by atoms with Crippen LogP contribution in [0.15, 0.2) is 54.6 Å². The van der Waals surface area contributed by atoms with Crippen molar-refractivity contribution in [1.29, 1.82) is 0 Å². The summed E-state index contributed by atoms with van der Waals surface area (Å²) in [5, 5.41) is 2.94. The van der Waals surface area contributed by atoms with E-state index in [9.17, 15) is 9.59 Å². The predicted octanol–water partition coefficient (Wildman–Crippen LogP) is 3.14. The van der Waals surface area contributed by atoms with Gasteiger partial charge in [-0.25, -0.2) is 0 Å². The lowest BCUT2D eigenvalue weighted by Crippen LogP contribution is -2.32. The maximum Gasteiger partial charge on any atom is 0.227 e. The molecule has 0 aromatic heterocycles. The van der Waals surface area contributed by atoms with Crippen molar-refractivity contribution < 1.29 is 14.3 Å². The van der Waals surface area contributed by atoms with Crippen LogP contribution in [0.1, 0.15) is 25.8 Å². The predicted molar refractivity (Wildman–Crippen MR) is 101 cm³/mol. The fourth-order valence-electron chi connectivity index (χ4n) is 3.03. The van der Waals surface area contributed by atoms with Crippen LogP contribution < -0.4 is 15.0 Å². The van der Waals surface area contributed by atoms with Crippen molar-refractivity contribution in [3.05, 3.63) is 60.2 Å². The monoisotopic (exact) mass is 352 g/mol. The number of benzene rings is 2. The van der Waals surface area contributed by atoms with Crippen LogP contribution in [-0.4, -0.2) is 24.5 Å². The molecule has 0 bridgehead atoms. The lowest BCUT2D eigenvalue weighted by atomic mass is 10.1. The minimum absolute atomic E-state index is 0.00784. The normalized spacial score (nSPS) is 16.8. The molecule has 1 fully saturated rings. The van der Waals surface area contributed by atoms with Crippen molar-refractivity contribution in [2.24, 2.45) is 5.92 Å². The van der Waals surface area contributed by atoms with E-state index in [0.717, 1.165) is 17.0 Å². The largest absolute Gasteiger partial charge is 0.491 e. The van der Waals surface area contributed by atoms with E-state index < -0.39 is 0 Å². The third kappa shape index (κ3) is 4.42. The second-order valence-electron chi connectivity index (χ2n) is 6.77. The number of hydrogen-bond acceptors (Lipinski definition) is 3. The number of para-hydroxylation sites is 1. The average Bonchev–Trinajstić information content (AvgIpc) is 3.03. The van der Waals surface area contributed by atoms with Crippen molar-refractivity contribution in [3.8, 4) is 5.75 Å². The van der Waals surface area contributed by atoms with Gasteiger partial charge in [-0.2, -0.15) is 0 Å². The van der Waals surface area contributed by atoms with E-state index in [-0.39, 0.29) is 30.3 Å². The van der Waals surface area contributed by atoms with Crippen LogP contribution in [0.3, 0.4) is 0 Å². The Kier molecular flexibility index (Phi) is 5.56. The molecule has 2 amide bonds. The highest BCUT2D eigenvalue weighted by Crippen LogP contribution is 2.25. The van der Waals surface area contributed by atoms with Gasteiger partial charge in [-0.05, 0) is 43.7 Å². The molecule has 1 atom stereocenters. The molecular weight excluding hydrogens is 328 g/mol. The number of carbonyl (C=O) groups is 2. The van der Waals surface area contributed by atoms with E-state index in [1.54, 1.807) is 4.90 Å². The molecule has 1 unspecified atom stereocenters. The molecule has 5 nitrogen and oxygen atoms in total. The summed E-state index contributed by atoms with van der Waals surface area (Å²) < 4.78 is 5.61. The second kappa shape index (κ2) is 8.04. The van der Waals surface area contributed by atoms with Crippen LogP contribution in [0.4, 0.5) is 5.69 Å². The Morgan fingerprint density at radius 2 is 1.85 bits per heavy atom. The van der Waals surface area contributed by atoms with Gasteiger partial charge in [0.2, 0.25) is 11.8 Å². The molecule has 1 aliphatic heterocycles. The van der Waals surface area contributed by atoms with Gasteiger partial charge >= 0.3 is 0 Å². The first-order valence-corrected chi connectivity index (χ1v) is 8.91. The van der Waals surface area contributed by atoms with E-state index in [1.807, 2.05) is 68.4 Å². The summed E-state index contributed by atoms with van der Waals surface area (Å²) in [6, 6.07) is 17.1. The van der Waals surface area contributed by atoms with Gasteiger partial charge in [0.05, 0.1) is 12.0 Å². The Hall–Kier alpha value is -2.82. The maximum atomic E-state index is 12.4. The Bertz CT molecular complexity index is 757. The van der Waals surface area contributed by atoms with Crippen molar-refractivity contribution in [2.45, 2.75) is 32.9 Å². The van der Waals surface area contributed by atoms with Gasteiger partial charge in [-0.3, -0.25) is 9.59 Å². The molecule has 0 saturated carbocycles. The van der Waals surface area contributed by atoms with E-state index in [1.165, 1.54) is 0 Å². The average molecular weight is 352 g/mol. The Labute approximate surface area is 154 Å². The fraction of sp³-hybridized carbons (Fsp3) is 0.333. The van der Waals surface area contributed by atoms with Crippen LogP contribution >= 0.6 is 0 Å². The van der Waals surface area contributed by atoms with E-state index >= 15 is 0 Å². The molecule has 2 aromatic rings. The van der Waals surface area contributed by atoms with Crippen molar-refractivity contribution >= 4 is 17.5 Å². The Balaban J connectivity index is 1.53. The first-order chi connectivity index (χ1) is 12.5. The van der Waals surface area contributed by atoms with Crippen LogP contribution in [-0.2, 0) is 16.1 Å². The molecule has 0 aliphatic carbocycles. The summed E-state index contributed by atoms with van der Waals surface area (Å²) >= 11 is 0. The zero-order chi connectivity index (χ0) is 18.5. The summed E-state index contributed by atoms with van der Waals surface area (Å²) in [6.07, 6.45) is 0.384. The molecule has 1 saturated heterocycles. The number of carbonyl (C=O) groups excluding carboxylic acids is 2. The zero-order valence-electron chi connectivity index (χ0n) is 15.1. The van der Waals surface area contributed by atoms with Crippen LogP contribution in [0.25, 0.3) is 0 Å². The van der Waals surface area contributed by atoms with Crippen LogP contribution in [0.5, 0.6) is 5.75 Å². The lowest BCUT2D eigenvalue weighted by Gasteiger charge is -2.16. The molecule has 26 heavy (non-hydrogen) atoms. The highest BCUT2D eigenvalue weighted by atomic mass is 16.5. The van der Waals surface area contributed by atoms with Gasteiger partial charge in [0.15, 0.2) is 0 Å². The number of nitrogens with one attached hydrogen (secondary N) is 1. The van der Waals surface area contributed by atoms with Crippen LogP contribution in [0, 0.1) is 5.92 Å². The summed E-state index contributed by atoms with van der Waals surface area (Å²) in [5.41, 5.74) is 1.84. The third-order valence-electron chi connectivity index (χ3n) is 4.33. The molecule has 1 aliphatic rings. The van der Waals surface area contributed by atoms with E-state index in [0.29, 0.717) is 13.1 Å². The summed E-state index contributed by atoms with van der Waals surface area (Å²) in [4.78, 5) is 26.3. The number of nitrogens with zero attached hydrogens (tertiary/aromatic N) is 1. The molecule has 3 rings (SSSR count). The highest BCUT2D eigenvalue weighted by Gasteiger charge is 2.34. The molecule has 0 spiro atoms. The standard InChI is InChI=1S/C21H24N2O3/c1-15(2)26-19-10-8-16(9-11-19)13-22-21(25)17-12-20(24)23(14-17)18-6-4-3-5-7-18/h3-11,15,17H,12-14H2,1-2H3,(H,22,25). The molecule has 1 heterocycles. The summed E-state index contributed by atoms with van der Waals surface area (Å²) in [7, 11) is 0. The Morgan fingerprint density at radius 1 is 1.15 bits per heavy atom. The molecular formula is C21H24N2O3. The number of rotatable bonds is 6. The molecule has 2 aromatic carbocycles. The summed E-state index contributed by atoms with van der Waals surface area (Å²) in [6.45, 7) is 4.83. The van der Waals surface area contributed by atoms with E-state index in [2.05, 4.69) is 5.32 Å². The molecule has 136 valence electrons. The minimum Gasteiger partial charge on any atom is -0.491 e. The molecule has 5 heteroatoms. The molecule has 1 N–H and O–H groups in total. The van der Waals surface area contributed by atoms with Gasteiger partial charge in [-0.15, -0.1) is 0 Å². The first-order valence-electron chi connectivity index (χ1n) is 8.91. The van der Waals surface area contributed by atoms with Crippen molar-refractivity contribution in [2.75, 3.05) is 11.4 Å². The first kappa shape index (κ1) is 18.0. The van der Waals surface area contributed by atoms with Crippen LogP contribution in [0.2, 0.25) is 0 Å². The third-order valence-corrected chi connectivity index (χ3v) is 4.33. The van der Waals surface area contributed by atoms with Gasteiger partial charge in [0, 0.05) is 25.2 Å². The second-order valence-corrected chi connectivity index (χ2v) is 6.77. The topological polar surface area (TPSA) is 58.6 Å². The molecule has 0 radical (unpaired) electrons. The van der Waals surface area contributed by atoms with E-state index in [4.69, 9.17) is 4.74 Å². The summed E-state index contributed by atoms with van der Waals surface area (Å²) in [5.74, 6) is 0.409. The number of anilines is 1. The van der Waals surface area contributed by atoms with Gasteiger partial charge in [-0.1, -0.05) is 30.3 Å². The van der Waals surface area contributed by atoms with Crippen molar-refractivity contribution in [3.63, 3.8) is 0 Å². The fourth-order valence-corrected chi connectivity index (χ4v) is 3.03. The SMILES string of the molecule is CC(C)Oc1ccc(CNC(=O)C2CC(=O)N(c3ccccc3)C2)cc1. The number of hydrogen-bond donors (Lipinski definition) is 1. The minimum atomic E-state index is -0.314. The maximum absolute atomic E-state index is 12.4. The number of ether oxygens (including phenoxy) is 1. The van der Waals surface area contributed by atoms with Gasteiger partial charge < -0.3 is 15.0 Å². The zero-order valence-corrected chi connectivity index (χ0v) is 15.1. The smallest absolute Gasteiger partial charge is 0.227 e. The van der Waals surface area contributed by atoms with Gasteiger partial charge in [0.1, 0.15) is 5.75 Å². The Morgan fingerprint density at radius 3 is 2.50 bits per heavy atom. The highest BCUT2D eigenvalue weighted by molar-refractivity contribution is 6.00. The number of amides is 2.